The van der Waals surface area contributed by atoms with Crippen LogP contribution in [0.1, 0.15) is 59.5 Å². The highest BCUT2D eigenvalue weighted by molar-refractivity contribution is 7.92. The summed E-state index contributed by atoms with van der Waals surface area (Å²) >= 11 is 6.19. The molecule has 0 radical (unpaired) electrons. The number of aromatic carboxylic acids is 1. The van der Waals surface area contributed by atoms with Gasteiger partial charge in [0.1, 0.15) is 17.9 Å². The van der Waals surface area contributed by atoms with E-state index in [4.69, 9.17) is 22.8 Å². The van der Waals surface area contributed by atoms with E-state index in [-0.39, 0.29) is 50.4 Å². The maximum atomic E-state index is 13.4. The minimum absolute atomic E-state index is 0.0427. The van der Waals surface area contributed by atoms with Crippen molar-refractivity contribution >= 4 is 33.3 Å². The summed E-state index contributed by atoms with van der Waals surface area (Å²) in [6, 6.07) is 8.76. The summed E-state index contributed by atoms with van der Waals surface area (Å²) in [4.78, 5) is 11.4. The Labute approximate surface area is 197 Å². The van der Waals surface area contributed by atoms with Crippen molar-refractivity contribution in [2.24, 2.45) is 5.92 Å². The van der Waals surface area contributed by atoms with E-state index in [0.29, 0.717) is 12.0 Å². The van der Waals surface area contributed by atoms with Gasteiger partial charge in [0.2, 0.25) is 0 Å². The molecule has 33 heavy (non-hydrogen) atoms. The first-order valence-electron chi connectivity index (χ1n) is 10.5. The number of hydrogen-bond donors (Lipinski definition) is 2. The summed E-state index contributed by atoms with van der Waals surface area (Å²) in [6.45, 7) is 0. The number of rotatable bonds is 7. The van der Waals surface area contributed by atoms with Crippen LogP contribution in [0.5, 0.6) is 5.75 Å². The fourth-order valence-electron chi connectivity index (χ4n) is 4.07. The average molecular weight is 485 g/mol. The predicted octanol–water partition coefficient (Wildman–Crippen LogP) is 4.77. The number of ether oxygens (including phenoxy) is 1. The van der Waals surface area contributed by atoms with Crippen molar-refractivity contribution < 1.29 is 23.1 Å². The van der Waals surface area contributed by atoms with Crippen LogP contribution >= 0.6 is 11.6 Å². The van der Waals surface area contributed by atoms with Crippen LogP contribution in [0, 0.1) is 29.6 Å². The fraction of sp³-hybridized carbons (Fsp3) is 0.333. The molecule has 2 aliphatic carbocycles. The van der Waals surface area contributed by atoms with Crippen LogP contribution < -0.4 is 9.46 Å². The van der Waals surface area contributed by atoms with Gasteiger partial charge >= 0.3 is 5.97 Å². The number of benzene rings is 2. The molecule has 2 aromatic carbocycles. The molecule has 2 saturated carbocycles. The quantitative estimate of drug-likeness (QED) is 0.547. The van der Waals surface area contributed by atoms with E-state index in [1.54, 1.807) is 6.07 Å². The lowest BCUT2D eigenvalue weighted by atomic mass is 10.1. The standard InChI is InChI=1S/C24H21ClN2O5S/c1-2-14-4-3-5-21(14)32-22-12-19(25)17(13-26)10-20(22)27-33(30,31)23-11-16(24(28)29)8-9-18(23)15-6-7-15/h1,8-12,14-15,21,27H,3-7H2,(H,28,29). The van der Waals surface area contributed by atoms with Gasteiger partial charge in [0.25, 0.3) is 10.0 Å². The largest absolute Gasteiger partial charge is 0.487 e. The molecule has 2 aliphatic rings. The van der Waals surface area contributed by atoms with E-state index in [0.717, 1.165) is 31.7 Å². The lowest BCUT2D eigenvalue weighted by Crippen LogP contribution is -2.22. The summed E-state index contributed by atoms with van der Waals surface area (Å²) in [6.07, 6.45) is 9.36. The first-order chi connectivity index (χ1) is 15.7. The molecule has 0 amide bonds. The van der Waals surface area contributed by atoms with Gasteiger partial charge < -0.3 is 9.84 Å². The maximum Gasteiger partial charge on any atom is 0.335 e. The predicted molar refractivity (Wildman–Crippen MR) is 123 cm³/mol. The smallest absolute Gasteiger partial charge is 0.335 e. The molecule has 0 heterocycles. The average Bonchev–Trinajstić information content (AvgIpc) is 3.53. The Kier molecular flexibility index (Phi) is 6.25. The number of nitrogens with one attached hydrogen (secondary N) is 1. The van der Waals surface area contributed by atoms with Crippen molar-refractivity contribution in [2.45, 2.75) is 49.0 Å². The zero-order valence-electron chi connectivity index (χ0n) is 17.5. The van der Waals surface area contributed by atoms with Gasteiger partial charge in [0.15, 0.2) is 0 Å². The zero-order valence-corrected chi connectivity index (χ0v) is 19.1. The van der Waals surface area contributed by atoms with Gasteiger partial charge in [-0.25, -0.2) is 13.2 Å². The lowest BCUT2D eigenvalue weighted by molar-refractivity contribution is 0.0696. The van der Waals surface area contributed by atoms with E-state index in [9.17, 15) is 23.6 Å². The summed E-state index contributed by atoms with van der Waals surface area (Å²) in [7, 11) is -4.20. The van der Waals surface area contributed by atoms with Crippen LogP contribution in [0.25, 0.3) is 0 Å². The second kappa shape index (κ2) is 8.97. The van der Waals surface area contributed by atoms with Crippen LogP contribution in [0.4, 0.5) is 5.69 Å². The van der Waals surface area contributed by atoms with Crippen molar-refractivity contribution in [2.75, 3.05) is 4.72 Å². The minimum Gasteiger partial charge on any atom is -0.487 e. The Morgan fingerprint density at radius 1 is 1.21 bits per heavy atom. The van der Waals surface area contributed by atoms with E-state index >= 15 is 0 Å². The number of nitriles is 1. The lowest BCUT2D eigenvalue weighted by Gasteiger charge is -2.21. The van der Waals surface area contributed by atoms with Crippen LogP contribution in [-0.2, 0) is 10.0 Å². The molecule has 7 nitrogen and oxygen atoms in total. The number of carboxylic acid groups (broad SMARTS) is 1. The molecule has 9 heteroatoms. The van der Waals surface area contributed by atoms with Crippen molar-refractivity contribution in [3.05, 3.63) is 52.0 Å². The molecular formula is C24H21ClN2O5S. The van der Waals surface area contributed by atoms with Crippen LogP contribution in [-0.4, -0.2) is 25.6 Å². The molecule has 0 bridgehead atoms. The molecule has 2 unspecified atom stereocenters. The van der Waals surface area contributed by atoms with Gasteiger partial charge in [-0.1, -0.05) is 23.6 Å². The second-order valence-corrected chi connectivity index (χ2v) is 10.3. The van der Waals surface area contributed by atoms with Crippen molar-refractivity contribution in [3.8, 4) is 24.2 Å². The van der Waals surface area contributed by atoms with Gasteiger partial charge in [-0.2, -0.15) is 5.26 Å². The zero-order chi connectivity index (χ0) is 23.8. The summed E-state index contributed by atoms with van der Waals surface area (Å²) in [5, 5.41) is 18.9. The fourth-order valence-corrected chi connectivity index (χ4v) is 5.65. The van der Waals surface area contributed by atoms with E-state index in [1.807, 2.05) is 6.07 Å². The van der Waals surface area contributed by atoms with Crippen molar-refractivity contribution in [1.29, 1.82) is 5.26 Å². The Morgan fingerprint density at radius 2 is 1.97 bits per heavy atom. The summed E-state index contributed by atoms with van der Waals surface area (Å²) < 4.78 is 35.4. The SMILES string of the molecule is C#CC1CCCC1Oc1cc(Cl)c(C#N)cc1NS(=O)(=O)c1cc(C(=O)O)ccc1C1CC1. The number of nitrogens with zero attached hydrogens (tertiary/aromatic N) is 1. The molecule has 2 aromatic rings. The number of sulfonamides is 1. The topological polar surface area (TPSA) is 116 Å². The molecule has 0 spiro atoms. The van der Waals surface area contributed by atoms with E-state index in [2.05, 4.69) is 10.6 Å². The third-order valence-corrected chi connectivity index (χ3v) is 7.68. The van der Waals surface area contributed by atoms with Gasteiger partial charge in [-0.05, 0) is 61.8 Å². The number of carboxylic acids is 1. The number of carbonyl (C=O) groups is 1. The number of anilines is 1. The number of hydrogen-bond acceptors (Lipinski definition) is 5. The van der Waals surface area contributed by atoms with Crippen LogP contribution in [0.2, 0.25) is 5.02 Å². The maximum absolute atomic E-state index is 13.4. The minimum atomic E-state index is -4.20. The monoisotopic (exact) mass is 484 g/mol. The highest BCUT2D eigenvalue weighted by atomic mass is 35.5. The van der Waals surface area contributed by atoms with E-state index < -0.39 is 16.0 Å². The van der Waals surface area contributed by atoms with Crippen LogP contribution in [0.3, 0.4) is 0 Å². The Morgan fingerprint density at radius 3 is 2.61 bits per heavy atom. The second-order valence-electron chi connectivity index (χ2n) is 8.24. The molecular weight excluding hydrogens is 464 g/mol. The normalized spacial score (nSPS) is 20.0. The number of halogens is 1. The summed E-state index contributed by atoms with van der Waals surface area (Å²) in [5.74, 6) is 1.59. The number of terminal acetylenes is 1. The van der Waals surface area contributed by atoms with E-state index in [1.165, 1.54) is 18.2 Å². The molecule has 170 valence electrons. The molecule has 2 fully saturated rings. The Hall–Kier alpha value is -3.20. The molecule has 2 N–H and O–H groups in total. The third kappa shape index (κ3) is 4.78. The highest BCUT2D eigenvalue weighted by Crippen LogP contribution is 2.44. The highest BCUT2D eigenvalue weighted by Gasteiger charge is 2.33. The molecule has 2 atom stereocenters. The van der Waals surface area contributed by atoms with Gasteiger partial charge in [0, 0.05) is 6.07 Å². The van der Waals surface area contributed by atoms with Crippen molar-refractivity contribution in [3.63, 3.8) is 0 Å². The van der Waals surface area contributed by atoms with Gasteiger partial charge in [0.05, 0.1) is 32.7 Å². The first-order valence-corrected chi connectivity index (χ1v) is 12.4. The third-order valence-electron chi connectivity index (χ3n) is 5.95. The Bertz CT molecular complexity index is 1310. The van der Waals surface area contributed by atoms with Crippen molar-refractivity contribution in [1.82, 2.24) is 0 Å². The van der Waals surface area contributed by atoms with Crippen LogP contribution in [0.15, 0.2) is 35.2 Å². The van der Waals surface area contributed by atoms with Gasteiger partial charge in [-0.15, -0.1) is 6.42 Å². The Balaban J connectivity index is 1.75. The molecule has 0 aromatic heterocycles. The molecule has 0 aliphatic heterocycles. The van der Waals surface area contributed by atoms with Gasteiger partial charge in [-0.3, -0.25) is 4.72 Å². The molecule has 0 saturated heterocycles. The summed E-state index contributed by atoms with van der Waals surface area (Å²) in [5.41, 5.74) is 0.546. The molecule has 4 rings (SSSR count). The first kappa shape index (κ1) is 23.0.